The van der Waals surface area contributed by atoms with Crippen molar-refractivity contribution in [3.8, 4) is 0 Å². The molecule has 0 spiro atoms. The number of nitrogens with two attached hydrogens (primary N) is 1. The van der Waals surface area contributed by atoms with Gasteiger partial charge in [0.25, 0.3) is 0 Å². The molecule has 0 aliphatic heterocycles. The predicted octanol–water partition coefficient (Wildman–Crippen LogP) is 1.02. The average Bonchev–Trinajstić information content (AvgIpc) is 2.73. The van der Waals surface area contributed by atoms with Crippen LogP contribution >= 0.6 is 11.8 Å². The smallest absolute Gasteiger partial charge is 0.343 e. The zero-order valence-electron chi connectivity index (χ0n) is 11.0. The average molecular weight is 294 g/mol. The Labute approximate surface area is 119 Å². The molecule has 7 nitrogen and oxygen atoms in total. The molecule has 0 atom stereocenters. The molecule has 1 aromatic heterocycles. The predicted molar refractivity (Wildman–Crippen MR) is 74.8 cm³/mol. The minimum Gasteiger partial charge on any atom is -0.462 e. The number of benzene rings is 1. The summed E-state index contributed by atoms with van der Waals surface area (Å²) >= 11 is 1.14. The van der Waals surface area contributed by atoms with Gasteiger partial charge in [0.05, 0.1) is 17.1 Å². The highest BCUT2D eigenvalue weighted by Gasteiger charge is 2.18. The van der Waals surface area contributed by atoms with Gasteiger partial charge in [-0.1, -0.05) is 6.07 Å². The van der Waals surface area contributed by atoms with Crippen molar-refractivity contribution in [1.29, 1.82) is 0 Å². The van der Waals surface area contributed by atoms with Crippen molar-refractivity contribution in [1.82, 2.24) is 14.8 Å². The first-order valence-electron chi connectivity index (χ1n) is 5.89. The standard InChI is InChI=1S/C12H14N4O3S/c1-3-19-10(17)7-5-4-6-8(13)9(7)20-12-15-14-11(18)16(12)2/h4-6H,3,13H2,1-2H3,(H,14,18). The van der Waals surface area contributed by atoms with Gasteiger partial charge in [-0.3, -0.25) is 4.57 Å². The summed E-state index contributed by atoms with van der Waals surface area (Å²) in [6, 6.07) is 4.98. The highest BCUT2D eigenvalue weighted by molar-refractivity contribution is 7.99. The lowest BCUT2D eigenvalue weighted by atomic mass is 10.2. The largest absolute Gasteiger partial charge is 0.462 e. The second-order valence-electron chi connectivity index (χ2n) is 3.92. The number of hydrogen-bond donors (Lipinski definition) is 2. The molecule has 1 aromatic carbocycles. The minimum absolute atomic E-state index is 0.276. The molecule has 0 unspecified atom stereocenters. The summed E-state index contributed by atoms with van der Waals surface area (Å²) in [6.07, 6.45) is 0. The van der Waals surface area contributed by atoms with Crippen LogP contribution in [0.1, 0.15) is 17.3 Å². The third kappa shape index (κ3) is 2.69. The maximum absolute atomic E-state index is 11.9. The topological polar surface area (TPSA) is 103 Å². The fraction of sp³-hybridized carbons (Fsp3) is 0.250. The summed E-state index contributed by atoms with van der Waals surface area (Å²) in [5, 5.41) is 6.62. The van der Waals surface area contributed by atoms with Crippen LogP contribution in [-0.4, -0.2) is 27.3 Å². The van der Waals surface area contributed by atoms with E-state index < -0.39 is 5.97 Å². The maximum Gasteiger partial charge on any atom is 0.343 e. The Balaban J connectivity index is 2.42. The third-order valence-corrected chi connectivity index (χ3v) is 3.78. The van der Waals surface area contributed by atoms with Crippen LogP contribution in [0.2, 0.25) is 0 Å². The summed E-state index contributed by atoms with van der Waals surface area (Å²) in [6.45, 7) is 2.01. The van der Waals surface area contributed by atoms with Crippen LogP contribution < -0.4 is 11.4 Å². The van der Waals surface area contributed by atoms with Crippen LogP contribution in [0.4, 0.5) is 5.69 Å². The fourth-order valence-corrected chi connectivity index (χ4v) is 2.49. The zero-order valence-corrected chi connectivity index (χ0v) is 11.9. The Morgan fingerprint density at radius 3 is 2.90 bits per heavy atom. The fourth-order valence-electron chi connectivity index (χ4n) is 1.55. The molecule has 2 rings (SSSR count). The lowest BCUT2D eigenvalue weighted by molar-refractivity contribution is 0.0522. The van der Waals surface area contributed by atoms with Gasteiger partial charge in [0.2, 0.25) is 0 Å². The van der Waals surface area contributed by atoms with Gasteiger partial charge in [0.1, 0.15) is 0 Å². The number of esters is 1. The van der Waals surface area contributed by atoms with Crippen molar-refractivity contribution in [2.45, 2.75) is 17.0 Å². The molecule has 2 aromatic rings. The number of carbonyl (C=O) groups is 1. The minimum atomic E-state index is -0.456. The van der Waals surface area contributed by atoms with Crippen molar-refractivity contribution in [2.24, 2.45) is 7.05 Å². The molecule has 0 amide bonds. The van der Waals surface area contributed by atoms with Crippen molar-refractivity contribution < 1.29 is 9.53 Å². The number of nitrogens with zero attached hydrogens (tertiary/aromatic N) is 2. The van der Waals surface area contributed by atoms with Crippen LogP contribution in [0.5, 0.6) is 0 Å². The Kier molecular flexibility index (Phi) is 4.14. The number of H-pyrrole nitrogens is 1. The van der Waals surface area contributed by atoms with Crippen molar-refractivity contribution in [3.63, 3.8) is 0 Å². The molecule has 0 aliphatic rings. The molecule has 0 radical (unpaired) electrons. The quantitative estimate of drug-likeness (QED) is 0.644. The van der Waals surface area contributed by atoms with Crippen molar-refractivity contribution in [2.75, 3.05) is 12.3 Å². The second-order valence-corrected chi connectivity index (χ2v) is 4.89. The highest BCUT2D eigenvalue weighted by Crippen LogP contribution is 2.33. The van der Waals surface area contributed by atoms with E-state index in [1.54, 1.807) is 32.2 Å². The summed E-state index contributed by atoms with van der Waals surface area (Å²) in [7, 11) is 1.58. The van der Waals surface area contributed by atoms with E-state index in [1.807, 2.05) is 0 Å². The number of hydrogen-bond acceptors (Lipinski definition) is 6. The number of rotatable bonds is 4. The zero-order chi connectivity index (χ0) is 14.7. The molecule has 20 heavy (non-hydrogen) atoms. The van der Waals surface area contributed by atoms with Gasteiger partial charge in [-0.05, 0) is 30.8 Å². The molecule has 1 heterocycles. The number of nitrogen functional groups attached to an aromatic ring is 1. The molecule has 0 bridgehead atoms. The maximum atomic E-state index is 11.9. The third-order valence-electron chi connectivity index (χ3n) is 2.57. The van der Waals surface area contributed by atoms with Crippen LogP contribution in [0, 0.1) is 0 Å². The number of anilines is 1. The highest BCUT2D eigenvalue weighted by atomic mass is 32.2. The van der Waals surface area contributed by atoms with Crippen LogP contribution in [0.15, 0.2) is 33.0 Å². The van der Waals surface area contributed by atoms with Gasteiger partial charge in [0.15, 0.2) is 5.16 Å². The summed E-state index contributed by atoms with van der Waals surface area (Å²) < 4.78 is 6.33. The van der Waals surface area contributed by atoms with Gasteiger partial charge >= 0.3 is 11.7 Å². The number of ether oxygens (including phenoxy) is 1. The van der Waals surface area contributed by atoms with Gasteiger partial charge < -0.3 is 10.5 Å². The summed E-state index contributed by atoms with van der Waals surface area (Å²) in [4.78, 5) is 23.8. The molecule has 0 aliphatic carbocycles. The van der Waals surface area contributed by atoms with E-state index in [9.17, 15) is 9.59 Å². The van der Waals surface area contributed by atoms with E-state index in [-0.39, 0.29) is 12.3 Å². The summed E-state index contributed by atoms with van der Waals surface area (Å²) in [5.41, 5.74) is 6.35. The Morgan fingerprint density at radius 2 is 2.30 bits per heavy atom. The molecule has 0 saturated carbocycles. The number of aromatic nitrogens is 3. The second kappa shape index (κ2) is 5.83. The van der Waals surface area contributed by atoms with Gasteiger partial charge in [-0.15, -0.1) is 5.10 Å². The van der Waals surface area contributed by atoms with E-state index in [0.29, 0.717) is 21.3 Å². The van der Waals surface area contributed by atoms with E-state index in [2.05, 4.69) is 10.2 Å². The van der Waals surface area contributed by atoms with Crippen molar-refractivity contribution in [3.05, 3.63) is 34.2 Å². The number of nitrogens with one attached hydrogen (secondary N) is 1. The van der Waals surface area contributed by atoms with Gasteiger partial charge in [0, 0.05) is 12.7 Å². The SMILES string of the molecule is CCOC(=O)c1cccc(N)c1Sc1n[nH]c(=O)n1C. The van der Waals surface area contributed by atoms with E-state index in [4.69, 9.17) is 10.5 Å². The first-order valence-corrected chi connectivity index (χ1v) is 6.71. The van der Waals surface area contributed by atoms with E-state index in [1.165, 1.54) is 4.57 Å². The Morgan fingerprint density at radius 1 is 1.55 bits per heavy atom. The first kappa shape index (κ1) is 14.2. The molecular formula is C12H14N4O3S. The van der Waals surface area contributed by atoms with Crippen LogP contribution in [-0.2, 0) is 11.8 Å². The number of aromatic amines is 1. The van der Waals surface area contributed by atoms with Gasteiger partial charge in [-0.2, -0.15) is 0 Å². The number of carbonyl (C=O) groups excluding carboxylic acids is 1. The molecular weight excluding hydrogens is 280 g/mol. The molecule has 3 N–H and O–H groups in total. The van der Waals surface area contributed by atoms with E-state index >= 15 is 0 Å². The molecule has 106 valence electrons. The van der Waals surface area contributed by atoms with Gasteiger partial charge in [-0.25, -0.2) is 14.7 Å². The van der Waals surface area contributed by atoms with Crippen molar-refractivity contribution >= 4 is 23.4 Å². The van der Waals surface area contributed by atoms with Crippen LogP contribution in [0.25, 0.3) is 0 Å². The van der Waals surface area contributed by atoms with Crippen LogP contribution in [0.3, 0.4) is 0 Å². The Hall–Kier alpha value is -2.22. The summed E-state index contributed by atoms with van der Waals surface area (Å²) in [5.74, 6) is -0.456. The van der Waals surface area contributed by atoms with E-state index in [0.717, 1.165) is 11.8 Å². The molecule has 0 fully saturated rings. The Bertz CT molecular complexity index is 692. The molecule has 0 saturated heterocycles. The first-order chi connectivity index (χ1) is 9.54. The monoisotopic (exact) mass is 294 g/mol. The molecule has 8 heteroatoms. The lowest BCUT2D eigenvalue weighted by Gasteiger charge is -2.10. The normalized spacial score (nSPS) is 10.5. The lowest BCUT2D eigenvalue weighted by Crippen LogP contribution is -2.13.